The van der Waals surface area contributed by atoms with E-state index in [4.69, 9.17) is 0 Å². The van der Waals surface area contributed by atoms with Crippen LogP contribution < -0.4 is 0 Å². The summed E-state index contributed by atoms with van der Waals surface area (Å²) in [6.45, 7) is 6.68. The molecule has 0 aromatic carbocycles. The van der Waals surface area contributed by atoms with Gasteiger partial charge in [-0.1, -0.05) is 20.8 Å². The summed E-state index contributed by atoms with van der Waals surface area (Å²) in [4.78, 5) is 12.5. The fraction of sp³-hybridized carbons (Fsp3) is 0.786. The van der Waals surface area contributed by atoms with Crippen molar-refractivity contribution >= 4 is 5.78 Å². The van der Waals surface area contributed by atoms with Gasteiger partial charge in [-0.3, -0.25) is 4.79 Å². The van der Waals surface area contributed by atoms with Crippen LogP contribution in [0.2, 0.25) is 0 Å². The lowest BCUT2D eigenvalue weighted by Crippen LogP contribution is -2.33. The molecule has 2 atom stereocenters. The Bertz CT molecular complexity index is 373. The maximum Gasteiger partial charge on any atom is 0.170 e. The minimum absolute atomic E-state index is 0.112. The molecule has 2 bridgehead atoms. The van der Waals surface area contributed by atoms with Gasteiger partial charge in [-0.25, -0.2) is 0 Å². The minimum atomic E-state index is -0.112. The van der Waals surface area contributed by atoms with Crippen LogP contribution in [0.3, 0.4) is 0 Å². The second-order valence-electron chi connectivity index (χ2n) is 7.17. The summed E-state index contributed by atoms with van der Waals surface area (Å²) < 4.78 is 0.740. The van der Waals surface area contributed by atoms with Crippen LogP contribution in [0, 0.1) is 16.7 Å². The van der Waals surface area contributed by atoms with E-state index in [2.05, 4.69) is 48.1 Å². The van der Waals surface area contributed by atoms with Gasteiger partial charge in [0.25, 0.3) is 0 Å². The molecule has 0 unspecified atom stereocenters. The number of Topliss-reactive ketones (excluding diaryl/α,β-unsaturated/α-hetero) is 1. The number of rotatable bonds is 1. The van der Waals surface area contributed by atoms with Crippen molar-refractivity contribution in [1.82, 2.24) is 0 Å². The summed E-state index contributed by atoms with van der Waals surface area (Å²) in [5, 5.41) is 0. The van der Waals surface area contributed by atoms with Crippen molar-refractivity contribution in [2.75, 3.05) is 21.1 Å². The maximum atomic E-state index is 12.5. The molecule has 2 aliphatic rings. The molecule has 2 rings (SSSR count). The SMILES string of the molecule is CC1(C)[C@H]2CC[C@@]1(C)C(=O)/C2=C\[N+](C)(C)C. The first-order chi connectivity index (χ1) is 7.09. The molecule has 2 fully saturated rings. The van der Waals surface area contributed by atoms with E-state index in [-0.39, 0.29) is 10.8 Å². The Balaban J connectivity index is 2.49. The highest BCUT2D eigenvalue weighted by Crippen LogP contribution is 2.65. The average molecular weight is 222 g/mol. The molecule has 2 nitrogen and oxygen atoms in total. The largest absolute Gasteiger partial charge is 0.304 e. The third kappa shape index (κ3) is 1.32. The van der Waals surface area contributed by atoms with Gasteiger partial charge in [-0.15, -0.1) is 0 Å². The number of hydrogen-bond acceptors (Lipinski definition) is 1. The van der Waals surface area contributed by atoms with Crippen LogP contribution in [0.15, 0.2) is 11.8 Å². The van der Waals surface area contributed by atoms with Crippen LogP contribution in [0.1, 0.15) is 33.6 Å². The molecule has 2 saturated carbocycles. The van der Waals surface area contributed by atoms with E-state index < -0.39 is 0 Å². The number of allylic oxidation sites excluding steroid dienone is 1. The lowest BCUT2D eigenvalue weighted by atomic mass is 9.70. The van der Waals surface area contributed by atoms with E-state index in [1.807, 2.05) is 0 Å². The molecule has 2 aliphatic carbocycles. The van der Waals surface area contributed by atoms with Crippen molar-refractivity contribution in [1.29, 1.82) is 0 Å². The van der Waals surface area contributed by atoms with Gasteiger partial charge in [-0.05, 0) is 24.2 Å². The van der Waals surface area contributed by atoms with Gasteiger partial charge in [-0.2, -0.15) is 0 Å². The zero-order valence-electron chi connectivity index (χ0n) is 11.4. The summed E-state index contributed by atoms with van der Waals surface area (Å²) in [7, 11) is 6.34. The molecule has 0 heterocycles. The van der Waals surface area contributed by atoms with E-state index in [1.54, 1.807) is 0 Å². The van der Waals surface area contributed by atoms with E-state index in [9.17, 15) is 4.79 Å². The second-order valence-corrected chi connectivity index (χ2v) is 7.17. The lowest BCUT2D eigenvalue weighted by Gasteiger charge is -2.31. The maximum absolute atomic E-state index is 12.5. The molecule has 0 saturated heterocycles. The van der Waals surface area contributed by atoms with Crippen molar-refractivity contribution in [3.63, 3.8) is 0 Å². The first kappa shape index (κ1) is 11.8. The number of hydrogen-bond donors (Lipinski definition) is 0. The van der Waals surface area contributed by atoms with E-state index in [1.165, 1.54) is 6.42 Å². The van der Waals surface area contributed by atoms with Gasteiger partial charge >= 0.3 is 0 Å². The number of fused-ring (bicyclic) bond motifs is 2. The standard InChI is InChI=1S/C14H24NO/c1-13(2)11-7-8-14(13,3)12(16)10(11)9-15(4,5)6/h9,11H,7-8H2,1-6H3/q+1/b10-9-/t11-,14-/m0/s1. The molecule has 0 radical (unpaired) electrons. The molecule has 16 heavy (non-hydrogen) atoms. The van der Waals surface area contributed by atoms with Gasteiger partial charge in [0.05, 0.1) is 26.7 Å². The van der Waals surface area contributed by atoms with Crippen LogP contribution in [0.5, 0.6) is 0 Å². The van der Waals surface area contributed by atoms with Gasteiger partial charge in [0, 0.05) is 5.41 Å². The Labute approximate surface area is 98.9 Å². The molecular weight excluding hydrogens is 198 g/mol. The monoisotopic (exact) mass is 222 g/mol. The molecule has 0 N–H and O–H groups in total. The minimum Gasteiger partial charge on any atom is -0.304 e. The molecule has 0 spiro atoms. The van der Waals surface area contributed by atoms with Crippen LogP contribution in [-0.4, -0.2) is 31.4 Å². The summed E-state index contributed by atoms with van der Waals surface area (Å²) in [6.07, 6.45) is 4.40. The highest BCUT2D eigenvalue weighted by atomic mass is 16.1. The van der Waals surface area contributed by atoms with Crippen molar-refractivity contribution in [2.24, 2.45) is 16.7 Å². The fourth-order valence-electron chi connectivity index (χ4n) is 3.49. The van der Waals surface area contributed by atoms with Crippen LogP contribution >= 0.6 is 0 Å². The van der Waals surface area contributed by atoms with Crippen molar-refractivity contribution < 1.29 is 9.28 Å². The zero-order chi connectivity index (χ0) is 12.4. The van der Waals surface area contributed by atoms with Gasteiger partial charge in [0.2, 0.25) is 0 Å². The number of carbonyl (C=O) groups excluding carboxylic acids is 1. The van der Waals surface area contributed by atoms with Crippen LogP contribution in [-0.2, 0) is 4.79 Å². The summed E-state index contributed by atoms with van der Waals surface area (Å²) in [6, 6.07) is 0. The third-order valence-corrected chi connectivity index (χ3v) is 4.89. The van der Waals surface area contributed by atoms with E-state index >= 15 is 0 Å². The smallest absolute Gasteiger partial charge is 0.170 e. The number of quaternary nitrogens is 1. The molecule has 90 valence electrons. The Kier molecular flexibility index (Phi) is 2.20. The van der Waals surface area contributed by atoms with Crippen LogP contribution in [0.25, 0.3) is 0 Å². The topological polar surface area (TPSA) is 17.1 Å². The summed E-state index contributed by atoms with van der Waals surface area (Å²) >= 11 is 0. The Morgan fingerprint density at radius 2 is 1.81 bits per heavy atom. The van der Waals surface area contributed by atoms with Gasteiger partial charge < -0.3 is 4.48 Å². The first-order valence-electron chi connectivity index (χ1n) is 6.18. The van der Waals surface area contributed by atoms with Gasteiger partial charge in [0.1, 0.15) is 6.20 Å². The highest BCUT2D eigenvalue weighted by Gasteiger charge is 2.64. The predicted molar refractivity (Wildman–Crippen MR) is 65.7 cm³/mol. The first-order valence-corrected chi connectivity index (χ1v) is 6.18. The molecule has 0 aromatic rings. The number of nitrogens with zero attached hydrogens (tertiary/aromatic N) is 1. The molecular formula is C14H24NO+. The van der Waals surface area contributed by atoms with E-state index in [0.717, 1.165) is 16.5 Å². The zero-order valence-corrected chi connectivity index (χ0v) is 11.4. The summed E-state index contributed by atoms with van der Waals surface area (Å²) in [5.74, 6) is 0.879. The quantitative estimate of drug-likeness (QED) is 0.492. The van der Waals surface area contributed by atoms with E-state index in [0.29, 0.717) is 11.7 Å². The number of carbonyl (C=O) groups is 1. The molecule has 0 aromatic heterocycles. The van der Waals surface area contributed by atoms with Crippen molar-refractivity contribution in [3.05, 3.63) is 11.8 Å². The third-order valence-electron chi connectivity index (χ3n) is 4.89. The lowest BCUT2D eigenvalue weighted by molar-refractivity contribution is -0.817. The van der Waals surface area contributed by atoms with Crippen molar-refractivity contribution in [3.8, 4) is 0 Å². The second kappa shape index (κ2) is 2.98. The Morgan fingerprint density at radius 1 is 1.25 bits per heavy atom. The number of ketones is 1. The highest BCUT2D eigenvalue weighted by molar-refractivity contribution is 6.04. The Morgan fingerprint density at radius 3 is 2.19 bits per heavy atom. The summed E-state index contributed by atoms with van der Waals surface area (Å²) in [5.41, 5.74) is 1.12. The Hall–Kier alpha value is -0.630. The molecule has 0 amide bonds. The molecule has 0 aliphatic heterocycles. The normalized spacial score (nSPS) is 39.8. The fourth-order valence-corrected chi connectivity index (χ4v) is 3.49. The van der Waals surface area contributed by atoms with Crippen LogP contribution in [0.4, 0.5) is 0 Å². The molecule has 2 heteroatoms. The van der Waals surface area contributed by atoms with Crippen molar-refractivity contribution in [2.45, 2.75) is 33.6 Å². The predicted octanol–water partition coefficient (Wildman–Crippen LogP) is 2.60. The average Bonchev–Trinajstić information content (AvgIpc) is 2.38. The van der Waals surface area contributed by atoms with Gasteiger partial charge in [0.15, 0.2) is 5.78 Å².